The number of nitrogens with zero attached hydrogens (tertiary/aromatic N) is 3. The summed E-state index contributed by atoms with van der Waals surface area (Å²) in [5, 5.41) is 40.4. The van der Waals surface area contributed by atoms with Crippen molar-refractivity contribution in [2.24, 2.45) is 5.73 Å². The number of nitrogens with one attached hydrogen (secondary N) is 1. The van der Waals surface area contributed by atoms with Crippen LogP contribution in [0.5, 0.6) is 0 Å². The molecule has 1 aliphatic rings. The van der Waals surface area contributed by atoms with Crippen molar-refractivity contribution in [3.63, 3.8) is 0 Å². The van der Waals surface area contributed by atoms with Crippen molar-refractivity contribution in [2.75, 3.05) is 19.1 Å². The van der Waals surface area contributed by atoms with Gasteiger partial charge in [-0.15, -0.1) is 16.7 Å². The molecular weight excluding hydrogens is 362 g/mol. The minimum Gasteiger partial charge on any atom is -0.394 e. The van der Waals surface area contributed by atoms with Crippen LogP contribution in [0.3, 0.4) is 0 Å². The normalized spacial score (nSPS) is 30.2. The van der Waals surface area contributed by atoms with Gasteiger partial charge in [-0.05, 0) is 12.2 Å². The molecule has 2 heterocycles. The van der Waals surface area contributed by atoms with E-state index < -0.39 is 37.3 Å². The highest BCUT2D eigenvalue weighted by atomic mass is 35.5. The minimum atomic E-state index is -1.31. The number of aliphatic hydroxyl groups excluding tert-OH is 3. The second-order valence-electron chi connectivity index (χ2n) is 5.16. The van der Waals surface area contributed by atoms with Gasteiger partial charge < -0.3 is 35.8 Å². The van der Waals surface area contributed by atoms with E-state index in [1.807, 2.05) is 0 Å². The SMILES string of the molecule is NC(=S)NCc1cn(C2C(OCCCl)OC(CO)C(O)C2O)nn1. The van der Waals surface area contributed by atoms with Gasteiger partial charge in [0.15, 0.2) is 11.4 Å². The zero-order chi connectivity index (χ0) is 17.7. The van der Waals surface area contributed by atoms with Crippen molar-refractivity contribution in [2.45, 2.75) is 37.2 Å². The van der Waals surface area contributed by atoms with Crippen molar-refractivity contribution >= 4 is 28.9 Å². The third kappa shape index (κ3) is 4.51. The molecule has 0 bridgehead atoms. The average molecular weight is 382 g/mol. The predicted molar refractivity (Wildman–Crippen MR) is 87.1 cm³/mol. The van der Waals surface area contributed by atoms with Crippen LogP contribution in [0.4, 0.5) is 0 Å². The van der Waals surface area contributed by atoms with E-state index in [4.69, 9.17) is 39.0 Å². The third-order valence-corrected chi connectivity index (χ3v) is 3.81. The summed E-state index contributed by atoms with van der Waals surface area (Å²) in [5.41, 5.74) is 5.87. The number of ether oxygens (including phenoxy) is 2. The summed E-state index contributed by atoms with van der Waals surface area (Å²) in [7, 11) is 0. The Morgan fingerprint density at radius 3 is 2.88 bits per heavy atom. The third-order valence-electron chi connectivity index (χ3n) is 3.51. The lowest BCUT2D eigenvalue weighted by atomic mass is 9.97. The molecule has 5 unspecified atom stereocenters. The molecule has 0 aromatic carbocycles. The van der Waals surface area contributed by atoms with Crippen LogP contribution in [-0.4, -0.2) is 79.1 Å². The molecule has 1 saturated heterocycles. The zero-order valence-corrected chi connectivity index (χ0v) is 14.2. The molecule has 2 rings (SSSR count). The van der Waals surface area contributed by atoms with E-state index in [0.29, 0.717) is 5.69 Å². The van der Waals surface area contributed by atoms with E-state index in [-0.39, 0.29) is 24.1 Å². The first kappa shape index (κ1) is 19.2. The van der Waals surface area contributed by atoms with Gasteiger partial charge in [0.1, 0.15) is 30.0 Å². The fourth-order valence-electron chi connectivity index (χ4n) is 2.36. The highest BCUT2D eigenvalue weighted by Gasteiger charge is 2.46. The summed E-state index contributed by atoms with van der Waals surface area (Å²) in [5.74, 6) is 0.218. The Morgan fingerprint density at radius 2 is 2.25 bits per heavy atom. The van der Waals surface area contributed by atoms with Crippen molar-refractivity contribution in [3.05, 3.63) is 11.9 Å². The summed E-state index contributed by atoms with van der Waals surface area (Å²) < 4.78 is 12.3. The van der Waals surface area contributed by atoms with Gasteiger partial charge in [0.2, 0.25) is 0 Å². The number of aliphatic hydroxyl groups is 3. The second-order valence-corrected chi connectivity index (χ2v) is 5.98. The van der Waals surface area contributed by atoms with Crippen molar-refractivity contribution in [1.82, 2.24) is 20.3 Å². The largest absolute Gasteiger partial charge is 0.394 e. The first-order chi connectivity index (χ1) is 11.5. The maximum Gasteiger partial charge on any atom is 0.183 e. The van der Waals surface area contributed by atoms with Crippen LogP contribution >= 0.6 is 23.8 Å². The van der Waals surface area contributed by atoms with Gasteiger partial charge in [0.25, 0.3) is 0 Å². The van der Waals surface area contributed by atoms with Crippen LogP contribution < -0.4 is 11.1 Å². The Kier molecular flexibility index (Phi) is 7.10. The van der Waals surface area contributed by atoms with E-state index in [1.165, 1.54) is 4.68 Å². The van der Waals surface area contributed by atoms with Gasteiger partial charge in [0, 0.05) is 5.88 Å². The number of aromatic nitrogens is 3. The van der Waals surface area contributed by atoms with Crippen LogP contribution in [0, 0.1) is 0 Å². The Bertz CT molecular complexity index is 550. The number of hydrogen-bond acceptors (Lipinski definition) is 8. The Morgan fingerprint density at radius 1 is 1.50 bits per heavy atom. The van der Waals surface area contributed by atoms with Crippen LogP contribution in [0.2, 0.25) is 0 Å². The fraction of sp³-hybridized carbons (Fsp3) is 0.750. The molecule has 1 aliphatic heterocycles. The fourth-order valence-corrected chi connectivity index (χ4v) is 2.53. The standard InChI is InChI=1S/C12H20ClN5O5S/c13-1-2-22-11-8(10(21)9(20)7(5-19)23-11)18-4-6(16-17-18)3-15-12(14)24/h4,7-11,19-21H,1-3,5H2,(H3,14,15,24). The number of rotatable bonds is 7. The molecule has 0 saturated carbocycles. The molecule has 1 fully saturated rings. The smallest absolute Gasteiger partial charge is 0.183 e. The molecule has 1 aromatic heterocycles. The van der Waals surface area contributed by atoms with E-state index in [9.17, 15) is 15.3 Å². The van der Waals surface area contributed by atoms with Crippen LogP contribution in [0.25, 0.3) is 0 Å². The average Bonchev–Trinajstić information content (AvgIpc) is 3.02. The van der Waals surface area contributed by atoms with Gasteiger partial charge in [-0.2, -0.15) is 0 Å². The molecule has 6 N–H and O–H groups in total. The number of nitrogens with two attached hydrogens (primary N) is 1. The Labute approximate surface area is 148 Å². The first-order valence-electron chi connectivity index (χ1n) is 7.22. The molecular formula is C12H20ClN5O5S. The molecule has 136 valence electrons. The summed E-state index contributed by atoms with van der Waals surface area (Å²) in [4.78, 5) is 0. The molecule has 1 aromatic rings. The quantitative estimate of drug-likeness (QED) is 0.261. The zero-order valence-electron chi connectivity index (χ0n) is 12.7. The summed E-state index contributed by atoms with van der Waals surface area (Å²) >= 11 is 10.3. The van der Waals surface area contributed by atoms with Gasteiger partial charge in [-0.25, -0.2) is 4.68 Å². The first-order valence-corrected chi connectivity index (χ1v) is 8.16. The number of halogens is 1. The maximum absolute atomic E-state index is 10.4. The molecule has 5 atom stereocenters. The summed E-state index contributed by atoms with van der Waals surface area (Å²) in [6.07, 6.45) is -2.98. The van der Waals surface area contributed by atoms with E-state index in [0.717, 1.165) is 0 Å². The summed E-state index contributed by atoms with van der Waals surface area (Å²) in [6.45, 7) is -0.0472. The van der Waals surface area contributed by atoms with Gasteiger partial charge in [-0.1, -0.05) is 5.21 Å². The molecule has 0 amide bonds. The van der Waals surface area contributed by atoms with E-state index in [2.05, 4.69) is 15.6 Å². The van der Waals surface area contributed by atoms with Crippen LogP contribution in [0.1, 0.15) is 11.7 Å². The molecule has 0 radical (unpaired) electrons. The Balaban J connectivity index is 2.18. The molecule has 0 spiro atoms. The van der Waals surface area contributed by atoms with Crippen molar-refractivity contribution < 1.29 is 24.8 Å². The van der Waals surface area contributed by atoms with Gasteiger partial charge in [-0.3, -0.25) is 0 Å². The Hall–Kier alpha value is -1.08. The molecule has 24 heavy (non-hydrogen) atoms. The molecule has 10 nitrogen and oxygen atoms in total. The number of hydrogen-bond donors (Lipinski definition) is 5. The van der Waals surface area contributed by atoms with E-state index >= 15 is 0 Å². The second kappa shape index (κ2) is 8.85. The highest BCUT2D eigenvalue weighted by Crippen LogP contribution is 2.30. The van der Waals surface area contributed by atoms with Crippen LogP contribution in [0.15, 0.2) is 6.20 Å². The molecule has 0 aliphatic carbocycles. The van der Waals surface area contributed by atoms with Crippen LogP contribution in [-0.2, 0) is 16.0 Å². The topological polar surface area (TPSA) is 148 Å². The lowest BCUT2D eigenvalue weighted by molar-refractivity contribution is -0.280. The minimum absolute atomic E-state index is 0.120. The monoisotopic (exact) mass is 381 g/mol. The van der Waals surface area contributed by atoms with Crippen molar-refractivity contribution in [3.8, 4) is 0 Å². The lowest BCUT2D eigenvalue weighted by Crippen LogP contribution is -2.57. The van der Waals surface area contributed by atoms with Gasteiger partial charge >= 0.3 is 0 Å². The highest BCUT2D eigenvalue weighted by molar-refractivity contribution is 7.80. The van der Waals surface area contributed by atoms with E-state index in [1.54, 1.807) is 6.20 Å². The maximum atomic E-state index is 10.4. The summed E-state index contributed by atoms with van der Waals surface area (Å²) in [6, 6.07) is -0.864. The lowest BCUT2D eigenvalue weighted by Gasteiger charge is -2.41. The predicted octanol–water partition coefficient (Wildman–Crippen LogP) is -2.15. The van der Waals surface area contributed by atoms with Gasteiger partial charge in [0.05, 0.1) is 26.0 Å². The number of thiocarbonyl (C=S) groups is 1. The van der Waals surface area contributed by atoms with Crippen molar-refractivity contribution in [1.29, 1.82) is 0 Å². The number of alkyl halides is 1. The molecule has 12 heteroatoms.